The van der Waals surface area contributed by atoms with Gasteiger partial charge in [0.2, 0.25) is 0 Å². The number of aryl methyl sites for hydroxylation is 1. The molecule has 3 unspecified atom stereocenters. The number of pyridine rings is 1. The summed E-state index contributed by atoms with van der Waals surface area (Å²) in [6, 6.07) is 10.5. The first-order chi connectivity index (χ1) is 17.6. The van der Waals surface area contributed by atoms with Crippen molar-refractivity contribution in [2.24, 2.45) is 11.8 Å². The molecule has 0 radical (unpaired) electrons. The monoisotopic (exact) mass is 485 g/mol. The zero-order valence-corrected chi connectivity index (χ0v) is 21.4. The summed E-state index contributed by atoms with van der Waals surface area (Å²) in [7, 11) is 0. The van der Waals surface area contributed by atoms with E-state index in [1.165, 1.54) is 12.8 Å². The molecule has 1 aliphatic rings. The highest BCUT2D eigenvalue weighted by molar-refractivity contribution is 5.69. The minimum absolute atomic E-state index is 0.112. The summed E-state index contributed by atoms with van der Waals surface area (Å²) in [5.74, 6) is 1.73. The van der Waals surface area contributed by atoms with Crippen LogP contribution < -0.4 is 5.69 Å². The fourth-order valence-electron chi connectivity index (χ4n) is 5.81. The van der Waals surface area contributed by atoms with Crippen LogP contribution in [0.15, 0.2) is 53.7 Å². The Morgan fingerprint density at radius 1 is 1.08 bits per heavy atom. The van der Waals surface area contributed by atoms with Gasteiger partial charge in [0.25, 0.3) is 0 Å². The highest BCUT2D eigenvalue weighted by atomic mass is 16.1. The maximum atomic E-state index is 13.9. The first-order valence-corrected chi connectivity index (χ1v) is 13.2. The van der Waals surface area contributed by atoms with Crippen LogP contribution >= 0.6 is 0 Å². The number of unbranched alkanes of at least 4 members (excludes halogenated alkanes) is 1. The van der Waals surface area contributed by atoms with Crippen LogP contribution in [0.4, 0.5) is 0 Å². The second-order valence-corrected chi connectivity index (χ2v) is 10.1. The molecule has 0 spiro atoms. The molecule has 4 aromatic rings. The Morgan fingerprint density at radius 2 is 1.89 bits per heavy atom. The Morgan fingerprint density at radius 3 is 2.61 bits per heavy atom. The molecule has 3 aromatic heterocycles. The van der Waals surface area contributed by atoms with Crippen molar-refractivity contribution in [1.29, 1.82) is 0 Å². The molecule has 188 valence electrons. The number of benzene rings is 1. The Bertz CT molecular complexity index is 1340. The van der Waals surface area contributed by atoms with Gasteiger partial charge in [-0.3, -0.25) is 14.1 Å². The number of aromatic amines is 1. The maximum Gasteiger partial charge on any atom is 0.328 e. The molecule has 0 bridgehead atoms. The molecule has 1 aromatic carbocycles. The minimum Gasteiger partial charge on any atom is -0.295 e. The van der Waals surface area contributed by atoms with Gasteiger partial charge in [-0.05, 0) is 70.7 Å². The summed E-state index contributed by atoms with van der Waals surface area (Å²) in [5.41, 5.74) is 5.34. The van der Waals surface area contributed by atoms with E-state index in [1.807, 2.05) is 35.2 Å². The molecular formula is C28H35N7O. The van der Waals surface area contributed by atoms with Crippen LogP contribution in [-0.2, 0) is 13.0 Å². The van der Waals surface area contributed by atoms with Gasteiger partial charge in [0.05, 0.1) is 6.54 Å². The zero-order valence-electron chi connectivity index (χ0n) is 21.4. The van der Waals surface area contributed by atoms with E-state index in [-0.39, 0.29) is 11.7 Å². The fourth-order valence-corrected chi connectivity index (χ4v) is 5.81. The molecular weight excluding hydrogens is 450 g/mol. The number of tetrazole rings is 1. The number of H-pyrrole nitrogens is 1. The number of hydrogen-bond acceptors (Lipinski definition) is 5. The first-order valence-electron chi connectivity index (χ1n) is 13.2. The number of nitrogens with one attached hydrogen (secondary N) is 1. The SMILES string of the molecule is CCCCc1cn(C2C(C)CCC2CC)c(=O)n1Cc1cnccc1-c1ccc(-c2nnn[nH]2)cc1. The third-order valence-electron chi connectivity index (χ3n) is 7.82. The Kier molecular flexibility index (Phi) is 7.11. The summed E-state index contributed by atoms with van der Waals surface area (Å²) >= 11 is 0. The van der Waals surface area contributed by atoms with E-state index >= 15 is 0 Å². The van der Waals surface area contributed by atoms with Gasteiger partial charge in [-0.1, -0.05) is 57.9 Å². The highest BCUT2D eigenvalue weighted by Gasteiger charge is 2.35. The Balaban J connectivity index is 1.50. The van der Waals surface area contributed by atoms with Gasteiger partial charge in [0.15, 0.2) is 5.82 Å². The number of hydrogen-bond donors (Lipinski definition) is 1. The predicted molar refractivity (Wildman–Crippen MR) is 140 cm³/mol. The maximum absolute atomic E-state index is 13.9. The van der Waals surface area contributed by atoms with E-state index < -0.39 is 0 Å². The third-order valence-corrected chi connectivity index (χ3v) is 7.82. The van der Waals surface area contributed by atoms with Gasteiger partial charge in [0, 0.05) is 35.9 Å². The van der Waals surface area contributed by atoms with Crippen LogP contribution in [0.2, 0.25) is 0 Å². The number of rotatable bonds is 9. The van der Waals surface area contributed by atoms with Crippen molar-refractivity contribution in [2.75, 3.05) is 0 Å². The standard InChI is InChI=1S/C28H35N7O/c1-4-6-7-24-18-35(26-19(3)8-9-20(26)5-2)28(36)34(24)17-23-16-29-15-14-25(23)21-10-12-22(13-11-21)27-30-32-33-31-27/h10-16,18-20,26H,4-9,17H2,1-3H3,(H,30,31,32,33). The predicted octanol–water partition coefficient (Wildman–Crippen LogP) is 5.28. The summed E-state index contributed by atoms with van der Waals surface area (Å²) in [4.78, 5) is 18.3. The van der Waals surface area contributed by atoms with E-state index in [2.05, 4.69) is 69.3 Å². The molecule has 3 heterocycles. The normalized spacial score (nSPS) is 19.7. The highest BCUT2D eigenvalue weighted by Crippen LogP contribution is 2.41. The zero-order chi connectivity index (χ0) is 25.1. The Labute approximate surface area is 211 Å². The lowest BCUT2D eigenvalue weighted by Gasteiger charge is -2.22. The topological polar surface area (TPSA) is 94.3 Å². The second kappa shape index (κ2) is 10.6. The van der Waals surface area contributed by atoms with Crippen molar-refractivity contribution in [3.05, 3.63) is 70.7 Å². The number of imidazole rings is 1. The van der Waals surface area contributed by atoms with Crippen LogP contribution in [0.3, 0.4) is 0 Å². The van der Waals surface area contributed by atoms with Gasteiger partial charge in [0.1, 0.15) is 0 Å². The molecule has 8 heteroatoms. The summed E-state index contributed by atoms with van der Waals surface area (Å²) in [6.45, 7) is 7.26. The van der Waals surface area contributed by atoms with Gasteiger partial charge in [-0.15, -0.1) is 5.10 Å². The molecule has 36 heavy (non-hydrogen) atoms. The molecule has 0 amide bonds. The van der Waals surface area contributed by atoms with Crippen molar-refractivity contribution >= 4 is 0 Å². The van der Waals surface area contributed by atoms with Crippen LogP contribution in [0.5, 0.6) is 0 Å². The van der Waals surface area contributed by atoms with Gasteiger partial charge >= 0.3 is 5.69 Å². The van der Waals surface area contributed by atoms with Gasteiger partial charge < -0.3 is 0 Å². The van der Waals surface area contributed by atoms with E-state index in [1.54, 1.807) is 0 Å². The summed E-state index contributed by atoms with van der Waals surface area (Å²) in [5, 5.41) is 14.1. The summed E-state index contributed by atoms with van der Waals surface area (Å²) < 4.78 is 4.05. The second-order valence-electron chi connectivity index (χ2n) is 10.1. The van der Waals surface area contributed by atoms with Crippen LogP contribution in [-0.4, -0.2) is 34.7 Å². The molecule has 1 saturated carbocycles. The van der Waals surface area contributed by atoms with Crippen molar-refractivity contribution in [1.82, 2.24) is 34.7 Å². The first kappa shape index (κ1) is 24.2. The van der Waals surface area contributed by atoms with E-state index in [4.69, 9.17) is 0 Å². The lowest BCUT2D eigenvalue weighted by Crippen LogP contribution is -2.31. The summed E-state index contributed by atoms with van der Waals surface area (Å²) in [6.07, 6.45) is 12.4. The lowest BCUT2D eigenvalue weighted by atomic mass is 9.96. The van der Waals surface area contributed by atoms with Crippen LogP contribution in [0, 0.1) is 11.8 Å². The van der Waals surface area contributed by atoms with Crippen LogP contribution in [0.1, 0.15) is 70.2 Å². The molecule has 1 aliphatic carbocycles. The smallest absolute Gasteiger partial charge is 0.295 e. The minimum atomic E-state index is 0.112. The quantitative estimate of drug-likeness (QED) is 0.348. The molecule has 1 fully saturated rings. The molecule has 5 rings (SSSR count). The molecule has 0 saturated heterocycles. The van der Waals surface area contributed by atoms with E-state index in [9.17, 15) is 4.79 Å². The molecule has 3 atom stereocenters. The number of nitrogens with zero attached hydrogens (tertiary/aromatic N) is 6. The van der Waals surface area contributed by atoms with Gasteiger partial charge in [-0.2, -0.15) is 0 Å². The lowest BCUT2D eigenvalue weighted by molar-refractivity contribution is 0.307. The van der Waals surface area contributed by atoms with Crippen molar-refractivity contribution in [3.63, 3.8) is 0 Å². The van der Waals surface area contributed by atoms with Crippen LogP contribution in [0.25, 0.3) is 22.5 Å². The van der Waals surface area contributed by atoms with E-state index in [0.717, 1.165) is 53.6 Å². The number of aromatic nitrogens is 7. The molecule has 1 N–H and O–H groups in total. The van der Waals surface area contributed by atoms with Crippen molar-refractivity contribution in [3.8, 4) is 22.5 Å². The Hall–Kier alpha value is -3.55. The van der Waals surface area contributed by atoms with Gasteiger partial charge in [-0.25, -0.2) is 9.89 Å². The molecule has 8 nitrogen and oxygen atoms in total. The fraction of sp³-hybridized carbons (Fsp3) is 0.464. The van der Waals surface area contributed by atoms with Crippen molar-refractivity contribution < 1.29 is 0 Å². The largest absolute Gasteiger partial charge is 0.328 e. The average Bonchev–Trinajstić information content (AvgIpc) is 3.64. The van der Waals surface area contributed by atoms with Crippen molar-refractivity contribution in [2.45, 2.75) is 71.9 Å². The molecule has 0 aliphatic heterocycles. The average molecular weight is 486 g/mol. The van der Waals surface area contributed by atoms with E-state index in [0.29, 0.717) is 24.2 Å². The third kappa shape index (κ3) is 4.64.